The highest BCUT2D eigenvalue weighted by Gasteiger charge is 2.32. The molecule has 0 aromatic heterocycles. The van der Waals surface area contributed by atoms with Gasteiger partial charge in [0.1, 0.15) is 0 Å². The van der Waals surface area contributed by atoms with Gasteiger partial charge in [-0.1, -0.05) is 45.0 Å². The Morgan fingerprint density at radius 1 is 0.958 bits per heavy atom. The summed E-state index contributed by atoms with van der Waals surface area (Å²) < 4.78 is 27.4. The summed E-state index contributed by atoms with van der Waals surface area (Å²) in [5, 5.41) is 0. The number of anilines is 1. The number of ketones is 1. The monoisotopic (exact) mass is 343 g/mol. The van der Waals surface area contributed by atoms with Crippen LogP contribution in [-0.2, 0) is 15.4 Å². The quantitative estimate of drug-likeness (QED) is 0.834. The van der Waals surface area contributed by atoms with Crippen molar-refractivity contribution in [2.24, 2.45) is 0 Å². The van der Waals surface area contributed by atoms with E-state index >= 15 is 0 Å². The Hall–Kier alpha value is -2.14. The molecule has 0 fully saturated rings. The summed E-state index contributed by atoms with van der Waals surface area (Å²) in [5.41, 5.74) is 1.98. The van der Waals surface area contributed by atoms with Crippen LogP contribution in [0.4, 0.5) is 5.69 Å². The molecule has 4 nitrogen and oxygen atoms in total. The Labute approximate surface area is 143 Å². The van der Waals surface area contributed by atoms with Gasteiger partial charge in [0.15, 0.2) is 5.78 Å². The van der Waals surface area contributed by atoms with E-state index in [-0.39, 0.29) is 29.1 Å². The van der Waals surface area contributed by atoms with Crippen molar-refractivity contribution >= 4 is 21.5 Å². The molecule has 0 saturated carbocycles. The van der Waals surface area contributed by atoms with E-state index in [0.717, 1.165) is 5.56 Å². The van der Waals surface area contributed by atoms with Crippen LogP contribution in [-0.4, -0.2) is 20.7 Å². The predicted molar refractivity (Wildman–Crippen MR) is 95.1 cm³/mol. The third-order valence-electron chi connectivity index (χ3n) is 4.32. The second-order valence-corrected chi connectivity index (χ2v) is 8.90. The van der Waals surface area contributed by atoms with E-state index in [4.69, 9.17) is 0 Å². The van der Waals surface area contributed by atoms with Crippen molar-refractivity contribution in [2.45, 2.75) is 37.5 Å². The van der Waals surface area contributed by atoms with Crippen LogP contribution >= 0.6 is 0 Å². The van der Waals surface area contributed by atoms with Crippen molar-refractivity contribution in [1.29, 1.82) is 0 Å². The highest BCUT2D eigenvalue weighted by molar-refractivity contribution is 7.92. The topological polar surface area (TPSA) is 54.5 Å². The van der Waals surface area contributed by atoms with Gasteiger partial charge in [0.05, 0.1) is 10.6 Å². The van der Waals surface area contributed by atoms with Crippen molar-refractivity contribution in [1.82, 2.24) is 0 Å². The maximum atomic E-state index is 13.0. The molecule has 0 amide bonds. The Bertz CT molecular complexity index is 878. The number of Topliss-reactive ketones (excluding diaryl/α,β-unsaturated/α-hetero) is 1. The van der Waals surface area contributed by atoms with Crippen LogP contribution < -0.4 is 4.31 Å². The Balaban J connectivity index is 2.03. The van der Waals surface area contributed by atoms with E-state index in [1.165, 1.54) is 4.31 Å². The Morgan fingerprint density at radius 3 is 2.21 bits per heavy atom. The van der Waals surface area contributed by atoms with Gasteiger partial charge in [0, 0.05) is 18.5 Å². The van der Waals surface area contributed by atoms with Crippen molar-refractivity contribution in [3.8, 4) is 0 Å². The summed E-state index contributed by atoms with van der Waals surface area (Å²) in [7, 11) is -3.68. The number of carbonyl (C=O) groups is 1. The van der Waals surface area contributed by atoms with Gasteiger partial charge in [-0.25, -0.2) is 8.42 Å². The van der Waals surface area contributed by atoms with Gasteiger partial charge in [0.25, 0.3) is 10.0 Å². The minimum Gasteiger partial charge on any atom is -0.294 e. The summed E-state index contributed by atoms with van der Waals surface area (Å²) in [6.45, 7) is 6.44. The molecule has 126 valence electrons. The van der Waals surface area contributed by atoms with Crippen LogP contribution in [0.15, 0.2) is 53.4 Å². The maximum Gasteiger partial charge on any atom is 0.264 e. The first-order valence-corrected chi connectivity index (χ1v) is 9.41. The minimum absolute atomic E-state index is 0.0138. The van der Waals surface area contributed by atoms with Crippen LogP contribution in [0.2, 0.25) is 0 Å². The highest BCUT2D eigenvalue weighted by atomic mass is 32.2. The molecule has 0 atom stereocenters. The molecule has 1 aliphatic heterocycles. The third kappa shape index (κ3) is 2.84. The molecule has 0 radical (unpaired) electrons. The number of para-hydroxylation sites is 1. The molecule has 24 heavy (non-hydrogen) atoms. The summed E-state index contributed by atoms with van der Waals surface area (Å²) >= 11 is 0. The molecule has 1 heterocycles. The summed E-state index contributed by atoms with van der Waals surface area (Å²) in [6, 6.07) is 13.9. The fourth-order valence-electron chi connectivity index (χ4n) is 2.89. The SMILES string of the molecule is CC(C)(C)c1ccc(S(=O)(=O)N2CCC(=O)c3ccccc32)cc1. The lowest BCUT2D eigenvalue weighted by molar-refractivity contribution is 0.0982. The van der Waals surface area contributed by atoms with Crippen LogP contribution in [0.1, 0.15) is 43.1 Å². The van der Waals surface area contributed by atoms with Gasteiger partial charge < -0.3 is 0 Å². The van der Waals surface area contributed by atoms with Gasteiger partial charge in [-0.15, -0.1) is 0 Å². The molecule has 2 aromatic rings. The van der Waals surface area contributed by atoms with E-state index in [0.29, 0.717) is 11.3 Å². The lowest BCUT2D eigenvalue weighted by Crippen LogP contribution is -2.37. The third-order valence-corrected chi connectivity index (χ3v) is 6.15. The average Bonchev–Trinajstić information content (AvgIpc) is 2.54. The van der Waals surface area contributed by atoms with Gasteiger partial charge in [-0.3, -0.25) is 9.10 Å². The average molecular weight is 343 g/mol. The van der Waals surface area contributed by atoms with Crippen LogP contribution in [0.3, 0.4) is 0 Å². The molecule has 1 aliphatic rings. The number of hydrogen-bond donors (Lipinski definition) is 0. The van der Waals surface area contributed by atoms with Crippen molar-refractivity contribution in [2.75, 3.05) is 10.8 Å². The van der Waals surface area contributed by atoms with Crippen LogP contribution in [0.5, 0.6) is 0 Å². The number of rotatable bonds is 2. The zero-order chi connectivity index (χ0) is 17.5. The molecule has 0 aliphatic carbocycles. The number of nitrogens with zero attached hydrogens (tertiary/aromatic N) is 1. The molecule has 0 bridgehead atoms. The molecule has 0 N–H and O–H groups in total. The maximum absolute atomic E-state index is 13.0. The minimum atomic E-state index is -3.68. The smallest absolute Gasteiger partial charge is 0.264 e. The molecular weight excluding hydrogens is 322 g/mol. The Kier molecular flexibility index (Phi) is 4.00. The summed E-state index contributed by atoms with van der Waals surface area (Å²) in [6.07, 6.45) is 0.205. The summed E-state index contributed by atoms with van der Waals surface area (Å²) in [5.74, 6) is -0.0138. The van der Waals surface area contributed by atoms with E-state index in [1.807, 2.05) is 12.1 Å². The number of benzene rings is 2. The fraction of sp³-hybridized carbons (Fsp3) is 0.316. The van der Waals surface area contributed by atoms with E-state index in [1.54, 1.807) is 36.4 Å². The lowest BCUT2D eigenvalue weighted by Gasteiger charge is -2.30. The van der Waals surface area contributed by atoms with Gasteiger partial charge in [-0.2, -0.15) is 0 Å². The van der Waals surface area contributed by atoms with Crippen LogP contribution in [0.25, 0.3) is 0 Å². The van der Waals surface area contributed by atoms with Gasteiger partial charge in [0.2, 0.25) is 0 Å². The number of fused-ring (bicyclic) bond motifs is 1. The molecule has 0 spiro atoms. The molecule has 0 unspecified atom stereocenters. The van der Waals surface area contributed by atoms with E-state index in [2.05, 4.69) is 20.8 Å². The van der Waals surface area contributed by atoms with Gasteiger partial charge in [-0.05, 0) is 35.2 Å². The number of sulfonamides is 1. The molecular formula is C19H21NO3S. The zero-order valence-electron chi connectivity index (χ0n) is 14.1. The zero-order valence-corrected chi connectivity index (χ0v) is 14.9. The molecule has 3 rings (SSSR count). The van der Waals surface area contributed by atoms with E-state index in [9.17, 15) is 13.2 Å². The first-order valence-electron chi connectivity index (χ1n) is 7.97. The van der Waals surface area contributed by atoms with Crippen LogP contribution in [0, 0.1) is 0 Å². The normalized spacial score (nSPS) is 15.3. The molecule has 0 saturated heterocycles. The fourth-order valence-corrected chi connectivity index (χ4v) is 4.37. The molecule has 2 aromatic carbocycles. The van der Waals surface area contributed by atoms with Crippen molar-refractivity contribution in [3.05, 3.63) is 59.7 Å². The van der Waals surface area contributed by atoms with Crippen molar-refractivity contribution < 1.29 is 13.2 Å². The lowest BCUT2D eigenvalue weighted by atomic mass is 9.87. The Morgan fingerprint density at radius 2 is 1.58 bits per heavy atom. The largest absolute Gasteiger partial charge is 0.294 e. The predicted octanol–water partition coefficient (Wildman–Crippen LogP) is 3.77. The van der Waals surface area contributed by atoms with Gasteiger partial charge >= 0.3 is 0 Å². The number of hydrogen-bond acceptors (Lipinski definition) is 3. The van der Waals surface area contributed by atoms with E-state index < -0.39 is 10.0 Å². The summed E-state index contributed by atoms with van der Waals surface area (Å²) in [4.78, 5) is 12.3. The highest BCUT2D eigenvalue weighted by Crippen LogP contribution is 2.32. The second-order valence-electron chi connectivity index (χ2n) is 7.04. The standard InChI is InChI=1S/C19H21NO3S/c1-19(2,3)14-8-10-15(11-9-14)24(22,23)20-13-12-18(21)16-6-4-5-7-17(16)20/h4-11H,12-13H2,1-3H3. The number of carbonyl (C=O) groups excluding carboxylic acids is 1. The van der Waals surface area contributed by atoms with Crippen molar-refractivity contribution in [3.63, 3.8) is 0 Å². The first-order chi connectivity index (χ1) is 11.2. The first kappa shape index (κ1) is 16.7. The second kappa shape index (κ2) is 5.74. The molecule has 5 heteroatoms.